The van der Waals surface area contributed by atoms with E-state index in [4.69, 9.17) is 43.0 Å². The molecule has 0 radical (unpaired) electrons. The van der Waals surface area contributed by atoms with Crippen molar-refractivity contribution in [2.45, 2.75) is 12.8 Å². The van der Waals surface area contributed by atoms with Crippen molar-refractivity contribution in [3.05, 3.63) is 15.9 Å². The first kappa shape index (κ1) is 17.1. The summed E-state index contributed by atoms with van der Waals surface area (Å²) in [6, 6.07) is 0. The fourth-order valence-electron chi connectivity index (χ4n) is 2.50. The molecule has 2 bridgehead atoms. The fourth-order valence-corrected chi connectivity index (χ4v) is 3.60. The quantitative estimate of drug-likeness (QED) is 0.733. The molecular weight excluding hydrogens is 353 g/mol. The van der Waals surface area contributed by atoms with Crippen LogP contribution < -0.4 is 0 Å². The van der Waals surface area contributed by atoms with Gasteiger partial charge in [-0.05, 0) is 19.4 Å². The molecule has 1 fully saturated rings. The lowest BCUT2D eigenvalue weighted by Crippen LogP contribution is -2.40. The van der Waals surface area contributed by atoms with Crippen LogP contribution in [0.5, 0.6) is 0 Å². The van der Waals surface area contributed by atoms with Crippen LogP contribution in [0.25, 0.3) is 5.57 Å². The van der Waals surface area contributed by atoms with Gasteiger partial charge in [-0.1, -0.05) is 23.2 Å². The summed E-state index contributed by atoms with van der Waals surface area (Å²) < 4.78 is 8.25. The van der Waals surface area contributed by atoms with Gasteiger partial charge in [0.2, 0.25) is 0 Å². The van der Waals surface area contributed by atoms with Gasteiger partial charge in [-0.2, -0.15) is 8.75 Å². The maximum atomic E-state index is 9.10. The highest BCUT2D eigenvalue weighted by atomic mass is 35.5. The zero-order chi connectivity index (χ0) is 16.3. The van der Waals surface area contributed by atoms with Crippen molar-refractivity contribution in [1.29, 1.82) is 0 Å². The first-order chi connectivity index (χ1) is 10.4. The first-order valence-corrected chi connectivity index (χ1v) is 7.94. The molecule has 0 aromatic carbocycles. The molecule has 2 N–H and O–H groups in total. The minimum atomic E-state index is -1.82. The van der Waals surface area contributed by atoms with E-state index >= 15 is 0 Å². The van der Waals surface area contributed by atoms with Crippen molar-refractivity contribution in [3.63, 3.8) is 0 Å². The summed E-state index contributed by atoms with van der Waals surface area (Å²) in [5.41, 5.74) is 1.87. The van der Waals surface area contributed by atoms with Crippen LogP contribution in [-0.4, -0.2) is 55.4 Å². The van der Waals surface area contributed by atoms with Crippen LogP contribution in [0.4, 0.5) is 0 Å². The van der Waals surface area contributed by atoms with Crippen LogP contribution in [0.3, 0.4) is 0 Å². The van der Waals surface area contributed by atoms with Gasteiger partial charge in [0, 0.05) is 29.6 Å². The molecule has 3 heterocycles. The molecule has 0 spiro atoms. The Bertz CT molecular complexity index is 607. The maximum absolute atomic E-state index is 9.10. The van der Waals surface area contributed by atoms with Gasteiger partial charge >= 0.3 is 11.9 Å². The number of hydrogen-bond acceptors (Lipinski definition) is 6. The Hall–Kier alpha value is -1.22. The van der Waals surface area contributed by atoms with Crippen molar-refractivity contribution in [1.82, 2.24) is 13.6 Å². The topological polar surface area (TPSA) is 104 Å². The standard InChI is InChI=1S/C10H11Cl2N3S.C2H2O4/c11-8-6-2-1-3-15(4-6)5-7(8)9-10(12)14-16-13-9;3-1(4)2(5)6/h6H,1-5H2;(H,3,4)(H,5,6). The summed E-state index contributed by atoms with van der Waals surface area (Å²) in [4.78, 5) is 20.6. The Kier molecular flexibility index (Phi) is 5.74. The molecule has 2 atom stereocenters. The summed E-state index contributed by atoms with van der Waals surface area (Å²) in [5, 5.41) is 16.2. The second-order valence-electron chi connectivity index (χ2n) is 4.91. The molecule has 1 aromatic heterocycles. The minimum absolute atomic E-state index is 0.469. The Balaban J connectivity index is 0.000000254. The van der Waals surface area contributed by atoms with Gasteiger partial charge in [0.15, 0.2) is 5.15 Å². The number of carboxylic acid groups (broad SMARTS) is 2. The predicted octanol–water partition coefficient (Wildman–Crippen LogP) is 2.02. The highest BCUT2D eigenvalue weighted by molar-refractivity contribution is 6.99. The van der Waals surface area contributed by atoms with E-state index in [1.165, 1.54) is 12.8 Å². The predicted molar refractivity (Wildman–Crippen MR) is 82.1 cm³/mol. The molecule has 3 rings (SSSR count). The van der Waals surface area contributed by atoms with Crippen molar-refractivity contribution in [3.8, 4) is 0 Å². The van der Waals surface area contributed by atoms with E-state index in [1.54, 1.807) is 0 Å². The molecule has 1 aromatic rings. The SMILES string of the molecule is ClC1=C(c2nsnc2Cl)CN2CCCC1C2.O=C(O)C(=O)O. The van der Waals surface area contributed by atoms with E-state index in [-0.39, 0.29) is 0 Å². The van der Waals surface area contributed by atoms with Crippen molar-refractivity contribution >= 4 is 52.4 Å². The van der Waals surface area contributed by atoms with E-state index in [1.807, 2.05) is 0 Å². The minimum Gasteiger partial charge on any atom is -0.473 e. The lowest BCUT2D eigenvalue weighted by atomic mass is 9.90. The zero-order valence-corrected chi connectivity index (χ0v) is 13.7. The maximum Gasteiger partial charge on any atom is 0.414 e. The van der Waals surface area contributed by atoms with E-state index in [9.17, 15) is 0 Å². The Morgan fingerprint density at radius 2 is 1.91 bits per heavy atom. The van der Waals surface area contributed by atoms with Gasteiger partial charge < -0.3 is 10.2 Å². The lowest BCUT2D eigenvalue weighted by Gasteiger charge is -2.38. The molecule has 1 saturated heterocycles. The number of carbonyl (C=O) groups is 2. The van der Waals surface area contributed by atoms with Crippen LogP contribution in [0, 0.1) is 5.92 Å². The second kappa shape index (κ2) is 7.36. The second-order valence-corrected chi connectivity index (χ2v) is 6.21. The summed E-state index contributed by atoms with van der Waals surface area (Å²) in [7, 11) is 0. The monoisotopic (exact) mass is 365 g/mol. The molecule has 0 saturated carbocycles. The number of nitrogens with zero attached hydrogens (tertiary/aromatic N) is 3. The Labute approximate surface area is 140 Å². The third-order valence-corrected chi connectivity index (χ3v) is 4.88. The number of hydrogen-bond donors (Lipinski definition) is 2. The summed E-state index contributed by atoms with van der Waals surface area (Å²) >= 11 is 13.6. The third-order valence-electron chi connectivity index (χ3n) is 3.45. The van der Waals surface area contributed by atoms with Crippen LogP contribution in [0.15, 0.2) is 5.03 Å². The molecule has 2 aliphatic heterocycles. The van der Waals surface area contributed by atoms with Crippen molar-refractivity contribution in [2.75, 3.05) is 19.6 Å². The van der Waals surface area contributed by atoms with Crippen LogP contribution in [0.2, 0.25) is 5.15 Å². The van der Waals surface area contributed by atoms with E-state index in [0.29, 0.717) is 11.1 Å². The van der Waals surface area contributed by atoms with Crippen LogP contribution in [-0.2, 0) is 9.59 Å². The molecule has 10 heteroatoms. The Morgan fingerprint density at radius 3 is 2.45 bits per heavy atom. The summed E-state index contributed by atoms with van der Waals surface area (Å²) in [6.07, 6.45) is 2.41. The Morgan fingerprint density at radius 1 is 1.23 bits per heavy atom. The van der Waals surface area contributed by atoms with Gasteiger partial charge in [0.25, 0.3) is 0 Å². The fraction of sp³-hybridized carbons (Fsp3) is 0.500. The largest absolute Gasteiger partial charge is 0.473 e. The normalized spacial score (nSPS) is 23.5. The molecule has 2 unspecified atom stereocenters. The smallest absolute Gasteiger partial charge is 0.414 e. The molecule has 2 aliphatic rings. The molecule has 7 nitrogen and oxygen atoms in total. The van der Waals surface area contributed by atoms with Crippen molar-refractivity contribution < 1.29 is 19.8 Å². The summed E-state index contributed by atoms with van der Waals surface area (Å²) in [5.74, 6) is -3.18. The number of fused-ring (bicyclic) bond motifs is 2. The average Bonchev–Trinajstić information content (AvgIpc) is 2.90. The van der Waals surface area contributed by atoms with Gasteiger partial charge in [0.1, 0.15) is 5.69 Å². The highest BCUT2D eigenvalue weighted by Crippen LogP contribution is 2.38. The van der Waals surface area contributed by atoms with Gasteiger partial charge in [-0.3, -0.25) is 4.90 Å². The number of halogens is 2. The van der Waals surface area contributed by atoms with E-state index < -0.39 is 11.9 Å². The van der Waals surface area contributed by atoms with Crippen LogP contribution in [0.1, 0.15) is 18.5 Å². The molecule has 0 amide bonds. The number of aliphatic carboxylic acids is 2. The number of piperidine rings is 1. The molecule has 120 valence electrons. The zero-order valence-electron chi connectivity index (χ0n) is 11.3. The number of carboxylic acids is 2. The highest BCUT2D eigenvalue weighted by Gasteiger charge is 2.32. The van der Waals surface area contributed by atoms with E-state index in [2.05, 4.69) is 13.6 Å². The van der Waals surface area contributed by atoms with Gasteiger partial charge in [-0.15, -0.1) is 0 Å². The molecule has 22 heavy (non-hydrogen) atoms. The average molecular weight is 366 g/mol. The number of aromatic nitrogens is 2. The number of rotatable bonds is 1. The third kappa shape index (κ3) is 3.95. The van der Waals surface area contributed by atoms with E-state index in [0.717, 1.165) is 47.7 Å². The van der Waals surface area contributed by atoms with Gasteiger partial charge in [-0.25, -0.2) is 9.59 Å². The van der Waals surface area contributed by atoms with Crippen molar-refractivity contribution in [2.24, 2.45) is 5.92 Å². The van der Waals surface area contributed by atoms with Crippen LogP contribution >= 0.6 is 34.9 Å². The molecular formula is C12H13Cl2N3O4S. The van der Waals surface area contributed by atoms with Gasteiger partial charge in [0.05, 0.1) is 11.7 Å². The lowest BCUT2D eigenvalue weighted by molar-refractivity contribution is -0.159. The molecule has 0 aliphatic carbocycles. The first-order valence-electron chi connectivity index (χ1n) is 6.45. The summed E-state index contributed by atoms with van der Waals surface area (Å²) in [6.45, 7) is 3.09.